The molecule has 126 valence electrons. The molecule has 2 amide bonds. The van der Waals surface area contributed by atoms with Crippen LogP contribution in [-0.4, -0.2) is 35.8 Å². The van der Waals surface area contributed by atoms with E-state index in [1.165, 1.54) is 32.1 Å². The maximum absolute atomic E-state index is 12.4. The lowest BCUT2D eigenvalue weighted by Crippen LogP contribution is -2.38. The first-order valence-electron chi connectivity index (χ1n) is 9.22. The first-order valence-corrected chi connectivity index (χ1v) is 9.22. The molecule has 2 aliphatic rings. The van der Waals surface area contributed by atoms with Crippen molar-refractivity contribution in [2.24, 2.45) is 11.8 Å². The van der Waals surface area contributed by atoms with E-state index in [0.717, 1.165) is 25.8 Å². The molecule has 4 heteroatoms. The third-order valence-electron chi connectivity index (χ3n) is 5.40. The second-order valence-corrected chi connectivity index (χ2v) is 7.05. The molecule has 1 aliphatic heterocycles. The molecule has 0 aromatic heterocycles. The molecule has 1 saturated carbocycles. The average Bonchev–Trinajstić information content (AvgIpc) is 3.16. The Morgan fingerprint density at radius 2 is 2.05 bits per heavy atom. The van der Waals surface area contributed by atoms with E-state index in [1.54, 1.807) is 0 Å². The highest BCUT2D eigenvalue weighted by molar-refractivity contribution is 5.89. The second kappa shape index (κ2) is 8.54. The lowest BCUT2D eigenvalue weighted by atomic mass is 9.99. The van der Waals surface area contributed by atoms with Crippen molar-refractivity contribution in [3.8, 4) is 0 Å². The van der Waals surface area contributed by atoms with E-state index in [2.05, 4.69) is 19.2 Å². The molecule has 1 N–H and O–H groups in total. The first-order chi connectivity index (χ1) is 10.7. The van der Waals surface area contributed by atoms with E-state index in [4.69, 9.17) is 0 Å². The van der Waals surface area contributed by atoms with Crippen molar-refractivity contribution in [2.75, 3.05) is 13.1 Å². The fraction of sp³-hybridized carbons (Fsp3) is 0.889. The van der Waals surface area contributed by atoms with Crippen LogP contribution in [-0.2, 0) is 9.59 Å². The average molecular weight is 308 g/mol. The van der Waals surface area contributed by atoms with Gasteiger partial charge in [-0.3, -0.25) is 9.59 Å². The summed E-state index contributed by atoms with van der Waals surface area (Å²) in [4.78, 5) is 26.5. The third-order valence-corrected chi connectivity index (χ3v) is 5.40. The molecule has 0 bridgehead atoms. The zero-order chi connectivity index (χ0) is 15.9. The minimum Gasteiger partial charge on any atom is -0.356 e. The van der Waals surface area contributed by atoms with Gasteiger partial charge in [-0.2, -0.15) is 0 Å². The van der Waals surface area contributed by atoms with Crippen LogP contribution in [0.25, 0.3) is 0 Å². The smallest absolute Gasteiger partial charge is 0.225 e. The van der Waals surface area contributed by atoms with Gasteiger partial charge < -0.3 is 10.2 Å². The largest absolute Gasteiger partial charge is 0.356 e. The zero-order valence-corrected chi connectivity index (χ0v) is 14.3. The maximum Gasteiger partial charge on any atom is 0.225 e. The highest BCUT2D eigenvalue weighted by Crippen LogP contribution is 2.29. The Labute approximate surface area is 135 Å². The van der Waals surface area contributed by atoms with Crippen LogP contribution < -0.4 is 5.32 Å². The molecular formula is C18H32N2O2. The molecule has 0 spiro atoms. The Kier molecular flexibility index (Phi) is 6.71. The van der Waals surface area contributed by atoms with Gasteiger partial charge in [-0.15, -0.1) is 0 Å². The summed E-state index contributed by atoms with van der Waals surface area (Å²) in [5.74, 6) is 0.720. The number of amides is 2. The van der Waals surface area contributed by atoms with Gasteiger partial charge in [0.05, 0.1) is 5.92 Å². The number of nitrogens with one attached hydrogen (secondary N) is 1. The standard InChI is InChI=1S/C18H32N2O2/c1-3-5-8-14(4-2)12-19-18(22)15-11-17(21)20(13-15)16-9-6-7-10-16/h14-16H,3-13H2,1-2H3,(H,19,22)/t14-,15+/m0/s1. The van der Waals surface area contributed by atoms with E-state index >= 15 is 0 Å². The summed E-state index contributed by atoms with van der Waals surface area (Å²) in [5, 5.41) is 3.10. The van der Waals surface area contributed by atoms with Gasteiger partial charge in [0.1, 0.15) is 0 Å². The van der Waals surface area contributed by atoms with Crippen LogP contribution in [0.5, 0.6) is 0 Å². The van der Waals surface area contributed by atoms with Gasteiger partial charge in [0.15, 0.2) is 0 Å². The molecule has 2 rings (SSSR count). The second-order valence-electron chi connectivity index (χ2n) is 7.05. The number of hydrogen-bond acceptors (Lipinski definition) is 2. The molecule has 0 unspecified atom stereocenters. The Hall–Kier alpha value is -1.06. The van der Waals surface area contributed by atoms with E-state index in [9.17, 15) is 9.59 Å². The lowest BCUT2D eigenvalue weighted by Gasteiger charge is -2.24. The quantitative estimate of drug-likeness (QED) is 0.749. The lowest BCUT2D eigenvalue weighted by molar-refractivity contribution is -0.130. The summed E-state index contributed by atoms with van der Waals surface area (Å²) in [6.45, 7) is 5.80. The van der Waals surface area contributed by atoms with Crippen LogP contribution in [0.4, 0.5) is 0 Å². The van der Waals surface area contributed by atoms with E-state index < -0.39 is 0 Å². The summed E-state index contributed by atoms with van der Waals surface area (Å²) in [6, 6.07) is 0.401. The molecule has 2 fully saturated rings. The highest BCUT2D eigenvalue weighted by atomic mass is 16.2. The van der Waals surface area contributed by atoms with Crippen molar-refractivity contribution in [1.29, 1.82) is 0 Å². The predicted octanol–water partition coefficient (Wildman–Crippen LogP) is 3.11. The molecule has 0 radical (unpaired) electrons. The van der Waals surface area contributed by atoms with Gasteiger partial charge in [0, 0.05) is 25.6 Å². The van der Waals surface area contributed by atoms with Gasteiger partial charge in [0.2, 0.25) is 11.8 Å². The molecule has 2 atom stereocenters. The Bertz CT molecular complexity index is 377. The van der Waals surface area contributed by atoms with Crippen molar-refractivity contribution < 1.29 is 9.59 Å². The van der Waals surface area contributed by atoms with Crippen LogP contribution in [0.1, 0.15) is 71.6 Å². The normalized spacial score (nSPS) is 24.0. The molecule has 1 saturated heterocycles. The maximum atomic E-state index is 12.4. The monoisotopic (exact) mass is 308 g/mol. The molecule has 22 heavy (non-hydrogen) atoms. The molecule has 1 heterocycles. The first kappa shape index (κ1) is 17.3. The van der Waals surface area contributed by atoms with Crippen molar-refractivity contribution >= 4 is 11.8 Å². The van der Waals surface area contributed by atoms with Crippen LogP contribution in [0.15, 0.2) is 0 Å². The van der Waals surface area contributed by atoms with Crippen molar-refractivity contribution in [3.05, 3.63) is 0 Å². The number of carbonyl (C=O) groups is 2. The number of unbranched alkanes of at least 4 members (excludes halogenated alkanes) is 1. The summed E-state index contributed by atoms with van der Waals surface area (Å²) in [5.41, 5.74) is 0. The fourth-order valence-corrected chi connectivity index (χ4v) is 3.81. The zero-order valence-electron chi connectivity index (χ0n) is 14.3. The summed E-state index contributed by atoms with van der Waals surface area (Å²) in [6.07, 6.45) is 9.83. The minimum absolute atomic E-state index is 0.0868. The minimum atomic E-state index is -0.128. The van der Waals surface area contributed by atoms with Gasteiger partial charge in [0.25, 0.3) is 0 Å². The van der Waals surface area contributed by atoms with Crippen LogP contribution in [0.2, 0.25) is 0 Å². The molecule has 0 aromatic carbocycles. The Morgan fingerprint density at radius 3 is 2.68 bits per heavy atom. The third kappa shape index (κ3) is 4.47. The van der Waals surface area contributed by atoms with Gasteiger partial charge in [-0.1, -0.05) is 46.0 Å². The van der Waals surface area contributed by atoms with Gasteiger partial charge in [-0.25, -0.2) is 0 Å². The number of hydrogen-bond donors (Lipinski definition) is 1. The van der Waals surface area contributed by atoms with Gasteiger partial charge >= 0.3 is 0 Å². The van der Waals surface area contributed by atoms with E-state index in [-0.39, 0.29) is 17.7 Å². The van der Waals surface area contributed by atoms with Crippen molar-refractivity contribution in [3.63, 3.8) is 0 Å². The van der Waals surface area contributed by atoms with Gasteiger partial charge in [-0.05, 0) is 25.2 Å². The van der Waals surface area contributed by atoms with Crippen molar-refractivity contribution in [1.82, 2.24) is 10.2 Å². The summed E-state index contributed by atoms with van der Waals surface area (Å²) < 4.78 is 0. The van der Waals surface area contributed by atoms with Crippen LogP contribution >= 0.6 is 0 Å². The Balaban J connectivity index is 1.77. The number of rotatable bonds is 8. The number of likely N-dealkylation sites (tertiary alicyclic amines) is 1. The summed E-state index contributed by atoms with van der Waals surface area (Å²) >= 11 is 0. The Morgan fingerprint density at radius 1 is 1.32 bits per heavy atom. The van der Waals surface area contributed by atoms with E-state index in [1.807, 2.05) is 4.90 Å². The molecule has 0 aromatic rings. The highest BCUT2D eigenvalue weighted by Gasteiger charge is 2.38. The molecule has 1 aliphatic carbocycles. The predicted molar refractivity (Wildman–Crippen MR) is 88.4 cm³/mol. The van der Waals surface area contributed by atoms with E-state index in [0.29, 0.717) is 24.9 Å². The number of nitrogens with zero attached hydrogens (tertiary/aromatic N) is 1. The van der Waals surface area contributed by atoms with Crippen LogP contribution in [0, 0.1) is 11.8 Å². The van der Waals surface area contributed by atoms with Crippen LogP contribution in [0.3, 0.4) is 0 Å². The molecule has 4 nitrogen and oxygen atoms in total. The SMILES string of the molecule is CCCC[C@H](CC)CNC(=O)[C@@H]1CC(=O)N(C2CCCC2)C1. The summed E-state index contributed by atoms with van der Waals surface area (Å²) in [7, 11) is 0. The molecular weight excluding hydrogens is 276 g/mol. The fourth-order valence-electron chi connectivity index (χ4n) is 3.81. The number of carbonyl (C=O) groups excluding carboxylic acids is 2. The van der Waals surface area contributed by atoms with Crippen molar-refractivity contribution in [2.45, 2.75) is 77.7 Å². The topological polar surface area (TPSA) is 49.4 Å².